The van der Waals surface area contributed by atoms with Gasteiger partial charge in [-0.2, -0.15) is 0 Å². The molecule has 1 aromatic heterocycles. The van der Waals surface area contributed by atoms with Crippen molar-refractivity contribution >= 4 is 44.9 Å². The first kappa shape index (κ1) is 34.5. The van der Waals surface area contributed by atoms with E-state index in [1.807, 2.05) is 19.1 Å². The third-order valence-electron chi connectivity index (χ3n) is 10.3. The molecule has 1 aromatic carbocycles. The van der Waals surface area contributed by atoms with Crippen molar-refractivity contribution in [2.45, 2.75) is 94.2 Å². The summed E-state index contributed by atoms with van der Waals surface area (Å²) in [5, 5.41) is 14.8. The van der Waals surface area contributed by atoms with E-state index in [4.69, 9.17) is 4.74 Å². The fourth-order valence-electron chi connectivity index (χ4n) is 6.92. The summed E-state index contributed by atoms with van der Waals surface area (Å²) in [5.74, 6) is -3.37. The molecule has 2 aliphatic heterocycles. The largest absolute Gasteiger partial charge is 0.471 e. The van der Waals surface area contributed by atoms with Gasteiger partial charge in [-0.1, -0.05) is 26.0 Å². The molecule has 4 amide bonds. The zero-order chi connectivity index (χ0) is 35.3. The Morgan fingerprint density at radius 3 is 2.63 bits per heavy atom. The minimum Gasteiger partial charge on any atom is -0.471 e. The van der Waals surface area contributed by atoms with Crippen molar-refractivity contribution < 1.29 is 41.8 Å². The van der Waals surface area contributed by atoms with Gasteiger partial charge in [0.1, 0.15) is 29.5 Å². The van der Waals surface area contributed by atoms with Gasteiger partial charge in [-0.25, -0.2) is 27.6 Å². The van der Waals surface area contributed by atoms with Crippen LogP contribution in [0.15, 0.2) is 36.5 Å². The molecule has 0 radical (unpaired) electrons. The number of nitrogens with one attached hydrogen (secondary N) is 3. The summed E-state index contributed by atoms with van der Waals surface area (Å²) in [6.45, 7) is 5.24. The SMILES string of the molecule is C[C@@H]1CC/C=C\C2CC2(C(=O)NS(=O)(=O)C2(C)CC2)NC(=O)[C@@H]2C[C@@H](Oc3cnc4cc(F)ccc4n3)CN2C(=O)[C@@H](NC(=O)O)[C@H](C)C1. The molecule has 0 bridgehead atoms. The van der Waals surface area contributed by atoms with Crippen molar-refractivity contribution in [1.82, 2.24) is 30.2 Å². The van der Waals surface area contributed by atoms with Gasteiger partial charge in [0.2, 0.25) is 27.7 Å². The minimum absolute atomic E-state index is 0.0418. The molecule has 7 atom stereocenters. The molecule has 2 aromatic rings. The van der Waals surface area contributed by atoms with Crippen LogP contribution in [0.5, 0.6) is 5.88 Å². The van der Waals surface area contributed by atoms with Crippen LogP contribution in [0, 0.1) is 23.6 Å². The second kappa shape index (κ2) is 12.8. The third-order valence-corrected chi connectivity index (χ3v) is 12.5. The van der Waals surface area contributed by atoms with Crippen LogP contribution in [-0.2, 0) is 24.4 Å². The van der Waals surface area contributed by atoms with Gasteiger partial charge in [-0.15, -0.1) is 0 Å². The molecule has 0 spiro atoms. The summed E-state index contributed by atoms with van der Waals surface area (Å²) in [6.07, 6.45) is 5.69. The first-order valence-electron chi connectivity index (χ1n) is 16.6. The van der Waals surface area contributed by atoms with Crippen LogP contribution in [-0.4, -0.2) is 87.2 Å². The van der Waals surface area contributed by atoms with Gasteiger partial charge in [-0.3, -0.25) is 19.1 Å². The number of aromatic nitrogens is 2. The molecular weight excluding hydrogens is 659 g/mol. The van der Waals surface area contributed by atoms with Crippen molar-refractivity contribution in [1.29, 1.82) is 0 Å². The smallest absolute Gasteiger partial charge is 0.405 e. The molecule has 6 rings (SSSR count). The van der Waals surface area contributed by atoms with Crippen molar-refractivity contribution in [2.24, 2.45) is 17.8 Å². The minimum atomic E-state index is -4.01. The quantitative estimate of drug-likeness (QED) is 0.325. The zero-order valence-corrected chi connectivity index (χ0v) is 28.3. The molecule has 1 saturated heterocycles. The van der Waals surface area contributed by atoms with E-state index in [0.29, 0.717) is 36.7 Å². The number of nitrogens with zero attached hydrogens (tertiary/aromatic N) is 3. The molecule has 2 saturated carbocycles. The predicted molar refractivity (Wildman–Crippen MR) is 174 cm³/mol. The van der Waals surface area contributed by atoms with Crippen molar-refractivity contribution in [2.75, 3.05) is 6.54 Å². The van der Waals surface area contributed by atoms with Crippen molar-refractivity contribution in [3.63, 3.8) is 0 Å². The Balaban J connectivity index is 1.32. The molecule has 49 heavy (non-hydrogen) atoms. The van der Waals surface area contributed by atoms with Crippen LogP contribution >= 0.6 is 0 Å². The molecule has 16 heteroatoms. The predicted octanol–water partition coefficient (Wildman–Crippen LogP) is 2.64. The second-order valence-corrected chi connectivity index (χ2v) is 16.4. The maximum absolute atomic E-state index is 14.2. The van der Waals surface area contributed by atoms with E-state index in [1.165, 1.54) is 29.3 Å². The number of amides is 4. The zero-order valence-electron chi connectivity index (χ0n) is 27.5. The number of sulfonamides is 1. The number of ether oxygens (including phenoxy) is 1. The van der Waals surface area contributed by atoms with Crippen molar-refractivity contribution in [3.8, 4) is 5.88 Å². The van der Waals surface area contributed by atoms with E-state index in [0.717, 1.165) is 6.42 Å². The molecule has 264 valence electrons. The summed E-state index contributed by atoms with van der Waals surface area (Å²) in [5.41, 5.74) is -0.887. The molecule has 4 N–H and O–H groups in total. The van der Waals surface area contributed by atoms with E-state index in [1.54, 1.807) is 13.8 Å². The van der Waals surface area contributed by atoms with Gasteiger partial charge >= 0.3 is 6.09 Å². The van der Waals surface area contributed by atoms with Crippen LogP contribution in [0.2, 0.25) is 0 Å². The Hall–Kier alpha value is -4.34. The lowest BCUT2D eigenvalue weighted by Crippen LogP contribution is -2.59. The summed E-state index contributed by atoms with van der Waals surface area (Å²) in [6, 6.07) is 1.53. The number of rotatable bonds is 6. The number of fused-ring (bicyclic) bond motifs is 3. The lowest BCUT2D eigenvalue weighted by Gasteiger charge is -2.32. The van der Waals surface area contributed by atoms with Crippen LogP contribution in [0.1, 0.15) is 65.7 Å². The molecule has 2 aliphatic carbocycles. The Morgan fingerprint density at radius 2 is 1.92 bits per heavy atom. The van der Waals surface area contributed by atoms with Gasteiger partial charge in [0.15, 0.2) is 0 Å². The van der Waals surface area contributed by atoms with Crippen molar-refractivity contribution in [3.05, 3.63) is 42.4 Å². The monoisotopic (exact) mass is 700 g/mol. The van der Waals surface area contributed by atoms with Crippen LogP contribution in [0.3, 0.4) is 0 Å². The number of benzene rings is 1. The van der Waals surface area contributed by atoms with Gasteiger partial charge in [-0.05, 0) is 69.4 Å². The van der Waals surface area contributed by atoms with Gasteiger partial charge in [0, 0.05) is 18.4 Å². The van der Waals surface area contributed by atoms with E-state index in [9.17, 15) is 37.1 Å². The highest BCUT2D eigenvalue weighted by Crippen LogP contribution is 2.47. The fraction of sp³-hybridized carbons (Fsp3) is 0.576. The lowest BCUT2D eigenvalue weighted by atomic mass is 9.88. The molecule has 3 fully saturated rings. The van der Waals surface area contributed by atoms with Gasteiger partial charge in [0.25, 0.3) is 5.91 Å². The average molecular weight is 701 g/mol. The molecule has 2 unspecified atom stereocenters. The molecule has 4 aliphatic rings. The second-order valence-electron chi connectivity index (χ2n) is 14.2. The highest BCUT2D eigenvalue weighted by Gasteiger charge is 2.63. The highest BCUT2D eigenvalue weighted by atomic mass is 32.2. The van der Waals surface area contributed by atoms with Crippen LogP contribution in [0.25, 0.3) is 11.0 Å². The number of halogens is 1. The topological polar surface area (TPSA) is 197 Å². The van der Waals surface area contributed by atoms with Gasteiger partial charge in [0.05, 0.1) is 28.5 Å². The third kappa shape index (κ3) is 7.05. The normalized spacial score (nSPS) is 32.0. The van der Waals surface area contributed by atoms with Gasteiger partial charge < -0.3 is 25.4 Å². The van der Waals surface area contributed by atoms with E-state index in [-0.39, 0.29) is 31.2 Å². The Kier molecular flexibility index (Phi) is 9.05. The van der Waals surface area contributed by atoms with E-state index < -0.39 is 80.0 Å². The molecule has 14 nitrogen and oxygen atoms in total. The van der Waals surface area contributed by atoms with Crippen LogP contribution in [0.4, 0.5) is 9.18 Å². The van der Waals surface area contributed by atoms with E-state index in [2.05, 4.69) is 25.3 Å². The van der Waals surface area contributed by atoms with E-state index >= 15 is 0 Å². The fourth-order valence-corrected chi connectivity index (χ4v) is 8.24. The standard InChI is InChI=1S/C33H41FN6O8S/c1-18-6-4-5-7-20-15-33(20,30(43)39-49(46,47)32(3)10-11-32)38-28(41)25-14-22(17-40(25)29(42)27(19(2)12-18)37-31(44)45)48-26-16-35-24-13-21(34)8-9-23(24)36-26/h5,7-9,13,16,18-20,22,25,27,37H,4,6,10-12,14-15,17H2,1-3H3,(H,38,41)(H,39,43)(H,44,45)/b7-5-/t18-,19-,20?,22-,25+,27+,33?/m1/s1. The maximum atomic E-state index is 14.2. The Morgan fingerprint density at radius 1 is 1.16 bits per heavy atom. The highest BCUT2D eigenvalue weighted by molar-refractivity contribution is 7.91. The lowest BCUT2D eigenvalue weighted by molar-refractivity contribution is -0.142. The number of hydrogen-bond acceptors (Lipinski definition) is 9. The number of carboxylic acid groups (broad SMARTS) is 1. The summed E-state index contributed by atoms with van der Waals surface area (Å²) in [7, 11) is -4.01. The number of allylic oxidation sites excluding steroid dienone is 1. The number of carbonyl (C=O) groups is 4. The number of carbonyl (C=O) groups excluding carboxylic acids is 3. The first-order valence-corrected chi connectivity index (χ1v) is 18.0. The Bertz CT molecular complexity index is 1820. The number of hydrogen-bond donors (Lipinski definition) is 4. The maximum Gasteiger partial charge on any atom is 0.405 e. The summed E-state index contributed by atoms with van der Waals surface area (Å²) in [4.78, 5) is 63.8. The summed E-state index contributed by atoms with van der Waals surface area (Å²) < 4.78 is 47.0. The summed E-state index contributed by atoms with van der Waals surface area (Å²) >= 11 is 0. The first-order chi connectivity index (χ1) is 23.1. The average Bonchev–Trinajstić information content (AvgIpc) is 3.91. The molecule has 3 heterocycles. The van der Waals surface area contributed by atoms with Crippen LogP contribution < -0.4 is 20.1 Å². The molecular formula is C33H41FN6O8S. The Labute approximate surface area is 283 Å².